The third kappa shape index (κ3) is 2.72. The molecule has 2 atom stereocenters. The Morgan fingerprint density at radius 2 is 2.40 bits per heavy atom. The third-order valence-corrected chi connectivity index (χ3v) is 4.28. The Hall–Kier alpha value is -0.550. The number of nitrogens with one attached hydrogen (secondary N) is 1. The second-order valence-electron chi connectivity index (χ2n) is 5.02. The number of aromatic amines is 1. The average molecular weight is 226 g/mol. The fraction of sp³-hybridized carbons (Fsp3) is 0.800. The maximum Gasteiger partial charge on any atom is 0.183 e. The van der Waals surface area contributed by atoms with E-state index in [1.165, 1.54) is 6.42 Å². The molecular formula is C10H18N4S. The van der Waals surface area contributed by atoms with Crippen LogP contribution in [-0.2, 0) is 0 Å². The monoisotopic (exact) mass is 226 g/mol. The van der Waals surface area contributed by atoms with Crippen molar-refractivity contribution in [1.82, 2.24) is 15.2 Å². The molecule has 1 saturated carbocycles. The van der Waals surface area contributed by atoms with Gasteiger partial charge in [-0.3, -0.25) is 5.10 Å². The fourth-order valence-corrected chi connectivity index (χ4v) is 3.41. The quantitative estimate of drug-likeness (QED) is 0.807. The summed E-state index contributed by atoms with van der Waals surface area (Å²) >= 11 is 1.73. The van der Waals surface area contributed by atoms with Crippen molar-refractivity contribution in [3.8, 4) is 0 Å². The lowest BCUT2D eigenvalue weighted by atomic mass is 9.75. The number of rotatable bonds is 2. The molecule has 15 heavy (non-hydrogen) atoms. The van der Waals surface area contributed by atoms with Crippen LogP contribution in [0.4, 0.5) is 0 Å². The topological polar surface area (TPSA) is 67.6 Å². The largest absolute Gasteiger partial charge is 0.327 e. The summed E-state index contributed by atoms with van der Waals surface area (Å²) in [6.45, 7) is 4.62. The van der Waals surface area contributed by atoms with E-state index in [4.69, 9.17) is 5.73 Å². The van der Waals surface area contributed by atoms with Gasteiger partial charge < -0.3 is 5.73 Å². The van der Waals surface area contributed by atoms with Crippen molar-refractivity contribution in [2.75, 3.05) is 0 Å². The molecule has 0 aromatic carbocycles. The minimum atomic E-state index is 0.285. The Morgan fingerprint density at radius 3 is 3.07 bits per heavy atom. The molecule has 1 aliphatic carbocycles. The first-order valence-electron chi connectivity index (χ1n) is 5.34. The minimum Gasteiger partial charge on any atom is -0.327 e. The normalized spacial score (nSPS) is 30.3. The van der Waals surface area contributed by atoms with Crippen LogP contribution in [0, 0.1) is 5.41 Å². The molecule has 0 radical (unpaired) electrons. The zero-order chi connectivity index (χ0) is 10.9. The van der Waals surface area contributed by atoms with Gasteiger partial charge in [0.25, 0.3) is 0 Å². The van der Waals surface area contributed by atoms with Crippen LogP contribution in [0.5, 0.6) is 0 Å². The van der Waals surface area contributed by atoms with E-state index in [1.807, 2.05) is 0 Å². The molecule has 4 nitrogen and oxygen atoms in total. The van der Waals surface area contributed by atoms with E-state index in [9.17, 15) is 0 Å². The van der Waals surface area contributed by atoms with Gasteiger partial charge in [-0.25, -0.2) is 4.98 Å². The molecule has 0 bridgehead atoms. The highest BCUT2D eigenvalue weighted by molar-refractivity contribution is 7.99. The van der Waals surface area contributed by atoms with E-state index in [1.54, 1.807) is 18.1 Å². The number of hydrogen-bond acceptors (Lipinski definition) is 4. The summed E-state index contributed by atoms with van der Waals surface area (Å²) in [7, 11) is 0. The molecule has 1 aliphatic rings. The number of nitrogens with zero attached hydrogens (tertiary/aromatic N) is 2. The van der Waals surface area contributed by atoms with Gasteiger partial charge in [-0.2, -0.15) is 5.10 Å². The summed E-state index contributed by atoms with van der Waals surface area (Å²) < 4.78 is 0. The van der Waals surface area contributed by atoms with Gasteiger partial charge in [0.05, 0.1) is 0 Å². The van der Waals surface area contributed by atoms with Crippen LogP contribution in [0.25, 0.3) is 0 Å². The van der Waals surface area contributed by atoms with Crippen LogP contribution >= 0.6 is 11.8 Å². The first-order chi connectivity index (χ1) is 7.07. The van der Waals surface area contributed by atoms with E-state index < -0.39 is 0 Å². The van der Waals surface area contributed by atoms with Crippen molar-refractivity contribution >= 4 is 11.8 Å². The maximum absolute atomic E-state index is 6.13. The molecule has 84 valence electrons. The van der Waals surface area contributed by atoms with Gasteiger partial charge in [-0.05, 0) is 24.7 Å². The molecular weight excluding hydrogens is 208 g/mol. The summed E-state index contributed by atoms with van der Waals surface area (Å²) in [5.74, 6) is 0. The minimum absolute atomic E-state index is 0.285. The van der Waals surface area contributed by atoms with Crippen molar-refractivity contribution in [2.45, 2.75) is 49.6 Å². The second kappa shape index (κ2) is 4.14. The summed E-state index contributed by atoms with van der Waals surface area (Å²) in [4.78, 5) is 4.13. The summed E-state index contributed by atoms with van der Waals surface area (Å²) in [6.07, 6.45) is 5.03. The zero-order valence-electron chi connectivity index (χ0n) is 9.23. The second-order valence-corrected chi connectivity index (χ2v) is 6.25. The predicted molar refractivity (Wildman–Crippen MR) is 61.6 cm³/mol. The van der Waals surface area contributed by atoms with Gasteiger partial charge in [-0.1, -0.05) is 25.6 Å². The van der Waals surface area contributed by atoms with Crippen molar-refractivity contribution < 1.29 is 0 Å². The molecule has 1 fully saturated rings. The Bertz CT molecular complexity index is 309. The molecule has 2 rings (SSSR count). The van der Waals surface area contributed by atoms with Crippen LogP contribution in [0.2, 0.25) is 0 Å². The molecule has 1 heterocycles. The van der Waals surface area contributed by atoms with Crippen LogP contribution in [0.1, 0.15) is 33.1 Å². The van der Waals surface area contributed by atoms with E-state index in [-0.39, 0.29) is 6.04 Å². The SMILES string of the molecule is CC1(C)CCC(N)C(Sc2ncn[nH]2)C1. The lowest BCUT2D eigenvalue weighted by Crippen LogP contribution is -2.41. The number of nitrogens with two attached hydrogens (primary N) is 1. The summed E-state index contributed by atoms with van der Waals surface area (Å²) in [5, 5.41) is 8.07. The molecule has 0 aliphatic heterocycles. The number of aromatic nitrogens is 3. The smallest absolute Gasteiger partial charge is 0.183 e. The lowest BCUT2D eigenvalue weighted by molar-refractivity contribution is 0.232. The lowest BCUT2D eigenvalue weighted by Gasteiger charge is -2.38. The van der Waals surface area contributed by atoms with Crippen molar-refractivity contribution in [1.29, 1.82) is 0 Å². The van der Waals surface area contributed by atoms with E-state index in [2.05, 4.69) is 29.0 Å². The Labute approximate surface area is 94.4 Å². The molecule has 0 amide bonds. The first-order valence-corrected chi connectivity index (χ1v) is 6.22. The van der Waals surface area contributed by atoms with Gasteiger partial charge in [0.2, 0.25) is 0 Å². The Morgan fingerprint density at radius 1 is 1.60 bits per heavy atom. The summed E-state index contributed by atoms with van der Waals surface area (Å²) in [5.41, 5.74) is 6.54. The predicted octanol–water partition coefficient (Wildman–Crippen LogP) is 1.80. The van der Waals surface area contributed by atoms with Gasteiger partial charge >= 0.3 is 0 Å². The van der Waals surface area contributed by atoms with Crippen molar-refractivity contribution in [3.63, 3.8) is 0 Å². The third-order valence-electron chi connectivity index (χ3n) is 3.04. The van der Waals surface area contributed by atoms with Crippen LogP contribution in [-0.4, -0.2) is 26.5 Å². The van der Waals surface area contributed by atoms with Crippen molar-refractivity contribution in [3.05, 3.63) is 6.33 Å². The Balaban J connectivity index is 2.01. The van der Waals surface area contributed by atoms with Gasteiger partial charge in [0.15, 0.2) is 5.16 Å². The van der Waals surface area contributed by atoms with Crippen LogP contribution < -0.4 is 5.73 Å². The highest BCUT2D eigenvalue weighted by Crippen LogP contribution is 2.41. The average Bonchev–Trinajstić information content (AvgIpc) is 2.64. The fourth-order valence-electron chi connectivity index (χ4n) is 2.06. The highest BCUT2D eigenvalue weighted by atomic mass is 32.2. The molecule has 5 heteroatoms. The van der Waals surface area contributed by atoms with E-state index >= 15 is 0 Å². The van der Waals surface area contributed by atoms with E-state index in [0.717, 1.165) is 18.0 Å². The zero-order valence-corrected chi connectivity index (χ0v) is 10.0. The van der Waals surface area contributed by atoms with Crippen LogP contribution in [0.3, 0.4) is 0 Å². The summed E-state index contributed by atoms with van der Waals surface area (Å²) in [6, 6.07) is 0.285. The first kappa shape index (κ1) is 11.0. The van der Waals surface area contributed by atoms with Gasteiger partial charge in [0, 0.05) is 11.3 Å². The molecule has 1 aromatic rings. The number of H-pyrrole nitrogens is 1. The molecule has 2 unspecified atom stereocenters. The maximum atomic E-state index is 6.13. The number of thioether (sulfide) groups is 1. The standard InChI is InChI=1S/C10H18N4S/c1-10(2)4-3-7(11)8(5-10)15-9-12-6-13-14-9/h6-8H,3-5,11H2,1-2H3,(H,12,13,14). The molecule has 0 spiro atoms. The molecule has 1 aromatic heterocycles. The molecule has 0 saturated heterocycles. The Kier molecular flexibility index (Phi) is 3.02. The van der Waals surface area contributed by atoms with E-state index in [0.29, 0.717) is 10.7 Å². The molecule has 3 N–H and O–H groups in total. The highest BCUT2D eigenvalue weighted by Gasteiger charge is 2.33. The number of hydrogen-bond donors (Lipinski definition) is 2. The van der Waals surface area contributed by atoms with Gasteiger partial charge in [0.1, 0.15) is 6.33 Å². The van der Waals surface area contributed by atoms with Gasteiger partial charge in [-0.15, -0.1) is 0 Å². The van der Waals surface area contributed by atoms with Crippen LogP contribution in [0.15, 0.2) is 11.5 Å². The van der Waals surface area contributed by atoms with Crippen molar-refractivity contribution in [2.24, 2.45) is 11.1 Å².